The first-order valence-corrected chi connectivity index (χ1v) is 7.21. The van der Waals surface area contributed by atoms with Crippen LogP contribution in [0.1, 0.15) is 38.5 Å². The third kappa shape index (κ3) is 2.06. The molecule has 0 aromatic rings. The van der Waals surface area contributed by atoms with Gasteiger partial charge in [0.15, 0.2) is 0 Å². The molecule has 0 spiro atoms. The SMILES string of the molecule is O=C=NC1(C2CCCC2)CC2CN(C(=O)O)CC2C1. The van der Waals surface area contributed by atoms with Gasteiger partial charge in [-0.05, 0) is 43.4 Å². The molecule has 0 radical (unpaired) electrons. The Kier molecular flexibility index (Phi) is 3.09. The second-order valence-electron chi connectivity index (χ2n) is 6.40. The summed E-state index contributed by atoms with van der Waals surface area (Å²) < 4.78 is 0. The van der Waals surface area contributed by atoms with Crippen LogP contribution in [0.25, 0.3) is 0 Å². The summed E-state index contributed by atoms with van der Waals surface area (Å²) in [5.41, 5.74) is -0.224. The van der Waals surface area contributed by atoms with Gasteiger partial charge in [0.05, 0.1) is 5.54 Å². The van der Waals surface area contributed by atoms with E-state index < -0.39 is 6.09 Å². The van der Waals surface area contributed by atoms with Crippen LogP contribution in [0.15, 0.2) is 4.99 Å². The Balaban J connectivity index is 1.77. The standard InChI is InChI=1S/C14H20N2O3/c17-9-15-14(12-3-1-2-4-12)5-10-7-16(13(18)19)8-11(10)6-14/h10-12H,1-8H2,(H,18,19). The average Bonchev–Trinajstić information content (AvgIpc) is 3.02. The second-order valence-corrected chi connectivity index (χ2v) is 6.40. The molecule has 1 aliphatic heterocycles. The van der Waals surface area contributed by atoms with E-state index in [2.05, 4.69) is 4.99 Å². The molecule has 3 rings (SSSR count). The van der Waals surface area contributed by atoms with Gasteiger partial charge >= 0.3 is 6.09 Å². The Bertz CT molecular complexity index is 410. The molecule has 5 heteroatoms. The zero-order chi connectivity index (χ0) is 13.5. The molecule has 2 unspecified atom stereocenters. The van der Waals surface area contributed by atoms with Crippen LogP contribution in [-0.2, 0) is 4.79 Å². The van der Waals surface area contributed by atoms with E-state index in [1.54, 1.807) is 6.08 Å². The third-order valence-corrected chi connectivity index (χ3v) is 5.46. The Morgan fingerprint density at radius 1 is 1.21 bits per heavy atom. The van der Waals surface area contributed by atoms with E-state index in [1.807, 2.05) is 0 Å². The van der Waals surface area contributed by atoms with Crippen molar-refractivity contribution >= 4 is 12.2 Å². The lowest BCUT2D eigenvalue weighted by molar-refractivity contribution is 0.148. The third-order valence-electron chi connectivity index (χ3n) is 5.46. The lowest BCUT2D eigenvalue weighted by atomic mass is 9.80. The minimum absolute atomic E-state index is 0.224. The van der Waals surface area contributed by atoms with E-state index in [4.69, 9.17) is 5.11 Å². The Hall–Kier alpha value is -1.35. The predicted octanol–water partition coefficient (Wildman–Crippen LogP) is 2.27. The Morgan fingerprint density at radius 2 is 1.79 bits per heavy atom. The Labute approximate surface area is 112 Å². The minimum Gasteiger partial charge on any atom is -0.465 e. The number of hydrogen-bond acceptors (Lipinski definition) is 3. The molecular weight excluding hydrogens is 244 g/mol. The number of carbonyl (C=O) groups is 1. The van der Waals surface area contributed by atoms with Crippen LogP contribution in [0.5, 0.6) is 0 Å². The van der Waals surface area contributed by atoms with Crippen LogP contribution in [-0.4, -0.2) is 40.8 Å². The highest BCUT2D eigenvalue weighted by Crippen LogP contribution is 2.52. The molecule has 104 valence electrons. The lowest BCUT2D eigenvalue weighted by Gasteiger charge is -2.31. The topological polar surface area (TPSA) is 70.0 Å². The largest absolute Gasteiger partial charge is 0.465 e. The van der Waals surface area contributed by atoms with Crippen molar-refractivity contribution in [3.05, 3.63) is 0 Å². The van der Waals surface area contributed by atoms with Crippen molar-refractivity contribution in [2.24, 2.45) is 22.7 Å². The fourth-order valence-corrected chi connectivity index (χ4v) is 4.62. The lowest BCUT2D eigenvalue weighted by Crippen LogP contribution is -2.36. The summed E-state index contributed by atoms with van der Waals surface area (Å²) in [6.45, 7) is 1.23. The van der Waals surface area contributed by atoms with Crippen molar-refractivity contribution in [2.75, 3.05) is 13.1 Å². The molecule has 1 N–H and O–H groups in total. The maximum atomic E-state index is 11.0. The van der Waals surface area contributed by atoms with Gasteiger partial charge in [-0.2, -0.15) is 4.99 Å². The number of aliphatic imine (C=N–C) groups is 1. The first kappa shape index (κ1) is 12.7. The number of carboxylic acid groups (broad SMARTS) is 1. The van der Waals surface area contributed by atoms with Gasteiger partial charge in [-0.15, -0.1) is 0 Å². The van der Waals surface area contributed by atoms with Crippen LogP contribution in [0.4, 0.5) is 4.79 Å². The van der Waals surface area contributed by atoms with E-state index in [0.717, 1.165) is 25.7 Å². The first-order valence-electron chi connectivity index (χ1n) is 7.21. The summed E-state index contributed by atoms with van der Waals surface area (Å²) in [5, 5.41) is 9.05. The monoisotopic (exact) mass is 264 g/mol. The molecule has 2 atom stereocenters. The van der Waals surface area contributed by atoms with Gasteiger partial charge in [-0.25, -0.2) is 9.59 Å². The van der Waals surface area contributed by atoms with Crippen LogP contribution in [0, 0.1) is 17.8 Å². The van der Waals surface area contributed by atoms with Gasteiger partial charge in [0.2, 0.25) is 6.08 Å². The summed E-state index contributed by atoms with van der Waals surface area (Å²) >= 11 is 0. The summed E-state index contributed by atoms with van der Waals surface area (Å²) in [6.07, 6.45) is 7.52. The van der Waals surface area contributed by atoms with Gasteiger partial charge in [-0.1, -0.05) is 12.8 Å². The second kappa shape index (κ2) is 4.64. The number of fused-ring (bicyclic) bond motifs is 1. The highest BCUT2D eigenvalue weighted by molar-refractivity contribution is 5.65. The van der Waals surface area contributed by atoms with Crippen molar-refractivity contribution in [3.8, 4) is 0 Å². The average molecular weight is 264 g/mol. The van der Waals surface area contributed by atoms with Crippen molar-refractivity contribution in [3.63, 3.8) is 0 Å². The fraction of sp³-hybridized carbons (Fsp3) is 0.857. The smallest absolute Gasteiger partial charge is 0.407 e. The summed E-state index contributed by atoms with van der Waals surface area (Å²) in [6, 6.07) is 0. The molecule has 0 aromatic heterocycles. The summed E-state index contributed by atoms with van der Waals surface area (Å²) in [5.74, 6) is 1.28. The van der Waals surface area contributed by atoms with E-state index in [1.165, 1.54) is 17.7 Å². The first-order chi connectivity index (χ1) is 9.14. The van der Waals surface area contributed by atoms with E-state index in [-0.39, 0.29) is 5.54 Å². The molecular formula is C14H20N2O3. The van der Waals surface area contributed by atoms with Crippen molar-refractivity contribution in [1.29, 1.82) is 0 Å². The number of amides is 1. The number of isocyanates is 1. The van der Waals surface area contributed by atoms with Gasteiger partial charge in [0.1, 0.15) is 0 Å². The van der Waals surface area contributed by atoms with Gasteiger partial charge in [-0.3, -0.25) is 0 Å². The quantitative estimate of drug-likeness (QED) is 0.614. The molecule has 2 aliphatic carbocycles. The maximum Gasteiger partial charge on any atom is 0.407 e. The summed E-state index contributed by atoms with van der Waals surface area (Å²) in [4.78, 5) is 27.6. The highest BCUT2D eigenvalue weighted by Gasteiger charge is 2.53. The molecule has 5 nitrogen and oxygen atoms in total. The number of rotatable bonds is 2. The zero-order valence-electron chi connectivity index (χ0n) is 11.0. The van der Waals surface area contributed by atoms with E-state index in [9.17, 15) is 9.59 Å². The van der Waals surface area contributed by atoms with E-state index in [0.29, 0.717) is 30.8 Å². The maximum absolute atomic E-state index is 11.0. The van der Waals surface area contributed by atoms with Gasteiger partial charge in [0.25, 0.3) is 0 Å². The number of likely N-dealkylation sites (tertiary alicyclic amines) is 1. The molecule has 3 fully saturated rings. The molecule has 0 aromatic carbocycles. The normalized spacial score (nSPS) is 38.2. The molecule has 1 saturated heterocycles. The molecule has 1 heterocycles. The van der Waals surface area contributed by atoms with Gasteiger partial charge in [0, 0.05) is 13.1 Å². The van der Waals surface area contributed by atoms with Crippen LogP contribution < -0.4 is 0 Å². The molecule has 1 amide bonds. The molecule has 2 saturated carbocycles. The Morgan fingerprint density at radius 3 is 2.26 bits per heavy atom. The van der Waals surface area contributed by atoms with Crippen LogP contribution in [0.2, 0.25) is 0 Å². The minimum atomic E-state index is -0.820. The molecule has 19 heavy (non-hydrogen) atoms. The highest BCUT2D eigenvalue weighted by atomic mass is 16.4. The number of carbonyl (C=O) groups excluding carboxylic acids is 1. The zero-order valence-corrected chi connectivity index (χ0v) is 11.0. The number of nitrogens with zero attached hydrogens (tertiary/aromatic N) is 2. The number of hydrogen-bond donors (Lipinski definition) is 1. The molecule has 0 bridgehead atoms. The van der Waals surface area contributed by atoms with Crippen LogP contribution >= 0.6 is 0 Å². The van der Waals surface area contributed by atoms with Crippen molar-refractivity contribution < 1.29 is 14.7 Å². The van der Waals surface area contributed by atoms with Crippen molar-refractivity contribution in [1.82, 2.24) is 4.90 Å². The molecule has 3 aliphatic rings. The summed E-state index contributed by atoms with van der Waals surface area (Å²) in [7, 11) is 0. The van der Waals surface area contributed by atoms with Crippen molar-refractivity contribution in [2.45, 2.75) is 44.1 Å². The van der Waals surface area contributed by atoms with Crippen LogP contribution in [0.3, 0.4) is 0 Å². The van der Waals surface area contributed by atoms with Gasteiger partial charge < -0.3 is 10.0 Å². The van der Waals surface area contributed by atoms with E-state index >= 15 is 0 Å². The predicted molar refractivity (Wildman–Crippen MR) is 68.6 cm³/mol. The fourth-order valence-electron chi connectivity index (χ4n) is 4.62.